The largest absolute Gasteiger partial charge is 0.461 e. The van der Waals surface area contributed by atoms with E-state index in [1.807, 2.05) is 0 Å². The van der Waals surface area contributed by atoms with Gasteiger partial charge in [-0.15, -0.1) is 0 Å². The van der Waals surface area contributed by atoms with Gasteiger partial charge in [-0.2, -0.15) is 0 Å². The average molecular weight is 512 g/mol. The van der Waals surface area contributed by atoms with E-state index in [2.05, 4.69) is 9.47 Å². The van der Waals surface area contributed by atoms with E-state index < -0.39 is 72.1 Å². The Labute approximate surface area is 159 Å². The third-order valence-electron chi connectivity index (χ3n) is 3.01. The molecule has 0 aliphatic heterocycles. The molecule has 10 N–H and O–H groups in total. The van der Waals surface area contributed by atoms with Crippen molar-refractivity contribution in [3.05, 3.63) is 0 Å². The number of carbonyl (C=O) groups excluding carboxylic acids is 2. The second kappa shape index (κ2) is 8.91. The molecule has 0 saturated carbocycles. The summed E-state index contributed by atoms with van der Waals surface area (Å²) in [5.74, 6) is -3.68. The first-order valence-corrected chi connectivity index (χ1v) is 12.9. The zero-order valence-electron chi connectivity index (χ0n) is 13.6. The molecule has 0 aromatic carbocycles. The first-order chi connectivity index (χ1) is 12.5. The van der Waals surface area contributed by atoms with E-state index in [0.29, 0.717) is 0 Å². The molecule has 0 aliphatic rings. The van der Waals surface area contributed by atoms with E-state index >= 15 is 0 Å². The summed E-state index contributed by atoms with van der Waals surface area (Å²) in [5, 5.41) is 10.6. The second-order valence-corrected chi connectivity index (χ2v) is 13.2. The highest BCUT2D eigenvalue weighted by molar-refractivity contribution is 7.72. The molecule has 0 heterocycles. The molecule has 22 heteroatoms. The van der Waals surface area contributed by atoms with Crippen molar-refractivity contribution in [3.63, 3.8) is 0 Å². The minimum Gasteiger partial charge on any atom is -0.461 e. The molecular weight excluding hydrogens is 496 g/mol. The Kier molecular flexibility index (Phi) is 8.74. The third-order valence-corrected chi connectivity index (χ3v) is 10.4. The Morgan fingerprint density at radius 2 is 0.793 bits per heavy atom. The molecule has 0 amide bonds. The van der Waals surface area contributed by atoms with Crippen LogP contribution in [0.1, 0.15) is 6.42 Å². The van der Waals surface area contributed by atoms with Crippen LogP contribution in [0.15, 0.2) is 0 Å². The molecule has 0 atom stereocenters. The molecule has 29 heavy (non-hydrogen) atoms. The van der Waals surface area contributed by atoms with Crippen molar-refractivity contribution in [3.8, 4) is 0 Å². The molecule has 0 radical (unpaired) electrons. The number of rotatable bonds is 10. The third kappa shape index (κ3) is 6.72. The molecule has 0 aromatic rings. The van der Waals surface area contributed by atoms with Crippen molar-refractivity contribution < 1.29 is 86.7 Å². The normalized spacial score (nSPS) is 14.4. The number of ether oxygens (including phenoxy) is 2. The zero-order chi connectivity index (χ0) is 23.7. The van der Waals surface area contributed by atoms with Crippen LogP contribution in [-0.2, 0) is 37.3 Å². The van der Waals surface area contributed by atoms with Gasteiger partial charge in [0.2, 0.25) is 0 Å². The molecular formula is C7H16O18P4. The monoisotopic (exact) mass is 512 g/mol. The van der Waals surface area contributed by atoms with E-state index in [1.165, 1.54) is 0 Å². The fourth-order valence-electron chi connectivity index (χ4n) is 1.25. The van der Waals surface area contributed by atoms with Crippen molar-refractivity contribution in [2.45, 2.75) is 16.6 Å². The Morgan fingerprint density at radius 3 is 0.966 bits per heavy atom. The molecule has 0 bridgehead atoms. The second-order valence-electron chi connectivity index (χ2n) is 5.22. The number of carbonyl (C=O) groups is 2. The van der Waals surface area contributed by atoms with Crippen molar-refractivity contribution >= 4 is 42.3 Å². The summed E-state index contributed by atoms with van der Waals surface area (Å²) in [6, 6.07) is 0. The first-order valence-electron chi connectivity index (χ1n) is 6.48. The SMILES string of the molecule is O=C(CC(=O)OCC(O)(P(=O)(O)O)P(=O)(O)O)OCC(O)(P(=O)(O)O)P(=O)(O)O. The summed E-state index contributed by atoms with van der Waals surface area (Å²) in [7, 11) is -23.9. The highest BCUT2D eigenvalue weighted by atomic mass is 31.2. The summed E-state index contributed by atoms with van der Waals surface area (Å²) in [6.45, 7) is -3.99. The fourth-order valence-corrected chi connectivity index (χ4v) is 4.90. The van der Waals surface area contributed by atoms with Gasteiger partial charge in [0.1, 0.15) is 19.6 Å². The van der Waals surface area contributed by atoms with Crippen LogP contribution in [0.4, 0.5) is 0 Å². The van der Waals surface area contributed by atoms with Crippen LogP contribution in [0, 0.1) is 0 Å². The summed E-state index contributed by atoms with van der Waals surface area (Å²) in [4.78, 5) is 93.2. The molecule has 0 aromatic heterocycles. The number of aliphatic hydroxyl groups is 2. The van der Waals surface area contributed by atoms with Gasteiger partial charge in [-0.25, -0.2) is 0 Å². The molecule has 0 aliphatic carbocycles. The van der Waals surface area contributed by atoms with Crippen LogP contribution >= 0.6 is 30.4 Å². The fraction of sp³-hybridized carbons (Fsp3) is 0.714. The topological polar surface area (TPSA) is 323 Å². The summed E-state index contributed by atoms with van der Waals surface area (Å²) < 4.78 is 52.0. The van der Waals surface area contributed by atoms with Gasteiger partial charge in [0.05, 0.1) is 0 Å². The Morgan fingerprint density at radius 1 is 0.586 bits per heavy atom. The minimum atomic E-state index is -5.98. The zero-order valence-corrected chi connectivity index (χ0v) is 17.2. The van der Waals surface area contributed by atoms with Gasteiger partial charge in [0.15, 0.2) is 0 Å². The lowest BCUT2D eigenvalue weighted by molar-refractivity contribution is -0.157. The summed E-state index contributed by atoms with van der Waals surface area (Å²) in [6.07, 6.45) is -1.59. The molecule has 0 saturated heterocycles. The van der Waals surface area contributed by atoms with Crippen LogP contribution in [0.25, 0.3) is 0 Å². The lowest BCUT2D eigenvalue weighted by Gasteiger charge is -2.28. The van der Waals surface area contributed by atoms with Crippen molar-refractivity contribution in [1.29, 1.82) is 0 Å². The van der Waals surface area contributed by atoms with Gasteiger partial charge in [-0.1, -0.05) is 0 Å². The summed E-state index contributed by atoms with van der Waals surface area (Å²) in [5.41, 5.74) is 0. The molecule has 0 unspecified atom stereocenters. The van der Waals surface area contributed by atoms with Crippen LogP contribution in [0.3, 0.4) is 0 Å². The quantitative estimate of drug-likeness (QED) is 0.0769. The van der Waals surface area contributed by atoms with Gasteiger partial charge >= 0.3 is 52.5 Å². The minimum absolute atomic E-state index is 1.59. The van der Waals surface area contributed by atoms with Crippen molar-refractivity contribution in [1.82, 2.24) is 0 Å². The lowest BCUT2D eigenvalue weighted by atomic mass is 10.4. The van der Waals surface area contributed by atoms with E-state index in [1.54, 1.807) is 0 Å². The molecule has 172 valence electrons. The van der Waals surface area contributed by atoms with Crippen LogP contribution in [-0.4, -0.2) is 84.7 Å². The van der Waals surface area contributed by atoms with E-state index in [-0.39, 0.29) is 0 Å². The predicted molar refractivity (Wildman–Crippen MR) is 84.6 cm³/mol. The van der Waals surface area contributed by atoms with Crippen LogP contribution in [0.5, 0.6) is 0 Å². The predicted octanol–water partition coefficient (Wildman–Crippen LogP) is -3.53. The van der Waals surface area contributed by atoms with E-state index in [4.69, 9.17) is 39.1 Å². The van der Waals surface area contributed by atoms with Crippen molar-refractivity contribution in [2.24, 2.45) is 0 Å². The highest BCUT2D eigenvalue weighted by Gasteiger charge is 2.61. The standard InChI is InChI=1S/C7H16O18P4/c8-4(24-2-6(10,26(12,13)14)27(15,16)17)1-5(9)25-3-7(11,28(18,19)20)29(21,22)23/h10-11H,1-3H2,(H2,12,13,14)(H2,15,16,17)(H2,18,19,20)(H2,21,22,23). The van der Waals surface area contributed by atoms with E-state index in [9.17, 15) is 38.1 Å². The van der Waals surface area contributed by atoms with Gasteiger partial charge in [-0.05, 0) is 0 Å². The van der Waals surface area contributed by atoms with Crippen LogP contribution in [0.2, 0.25) is 0 Å². The average Bonchev–Trinajstić information content (AvgIpc) is 2.45. The maximum Gasteiger partial charge on any atom is 0.373 e. The van der Waals surface area contributed by atoms with Crippen LogP contribution < -0.4 is 0 Å². The number of hydrogen-bond donors (Lipinski definition) is 10. The van der Waals surface area contributed by atoms with Gasteiger partial charge < -0.3 is 58.8 Å². The van der Waals surface area contributed by atoms with Gasteiger partial charge in [0.25, 0.3) is 0 Å². The Hall–Kier alpha value is -0.540. The maximum atomic E-state index is 11.4. The Bertz CT molecular complexity index is 709. The van der Waals surface area contributed by atoms with Gasteiger partial charge in [-0.3, -0.25) is 27.8 Å². The lowest BCUT2D eigenvalue weighted by Crippen LogP contribution is -2.36. The molecule has 0 fully saturated rings. The van der Waals surface area contributed by atoms with Crippen molar-refractivity contribution in [2.75, 3.05) is 13.2 Å². The summed E-state index contributed by atoms with van der Waals surface area (Å²) >= 11 is 0. The highest BCUT2D eigenvalue weighted by Crippen LogP contribution is 2.68. The first kappa shape index (κ1) is 28.5. The smallest absolute Gasteiger partial charge is 0.373 e. The maximum absolute atomic E-state index is 11.4. The molecule has 18 nitrogen and oxygen atoms in total. The Balaban J connectivity index is 5.12. The molecule has 0 spiro atoms. The number of hydrogen-bond acceptors (Lipinski definition) is 10. The van der Waals surface area contributed by atoms with Gasteiger partial charge in [0, 0.05) is 0 Å². The number of esters is 2. The molecule has 0 rings (SSSR count). The van der Waals surface area contributed by atoms with E-state index in [0.717, 1.165) is 0 Å².